The van der Waals surface area contributed by atoms with Crippen molar-refractivity contribution in [1.82, 2.24) is 10.2 Å². The van der Waals surface area contributed by atoms with Gasteiger partial charge in [-0.3, -0.25) is 9.69 Å². The van der Waals surface area contributed by atoms with Gasteiger partial charge in [0.2, 0.25) is 5.91 Å². The monoisotopic (exact) mass is 267 g/mol. The van der Waals surface area contributed by atoms with Gasteiger partial charge in [0.05, 0.1) is 0 Å². The SMILES string of the molecule is CCN1CCCC1CNC(=O)C1CCCC(N)C1C. The molecule has 0 aromatic rings. The van der Waals surface area contributed by atoms with Crippen molar-refractivity contribution in [2.24, 2.45) is 17.6 Å². The number of carbonyl (C=O) groups is 1. The van der Waals surface area contributed by atoms with Gasteiger partial charge in [-0.05, 0) is 44.7 Å². The molecule has 0 bridgehead atoms. The molecule has 4 atom stereocenters. The highest BCUT2D eigenvalue weighted by atomic mass is 16.1. The highest BCUT2D eigenvalue weighted by molar-refractivity contribution is 5.79. The predicted molar refractivity (Wildman–Crippen MR) is 77.8 cm³/mol. The van der Waals surface area contributed by atoms with Gasteiger partial charge in [0.15, 0.2) is 0 Å². The molecule has 1 heterocycles. The Balaban J connectivity index is 1.80. The first-order valence-electron chi connectivity index (χ1n) is 7.90. The third-order valence-electron chi connectivity index (χ3n) is 5.12. The molecule has 1 aliphatic heterocycles. The molecule has 0 radical (unpaired) electrons. The van der Waals surface area contributed by atoms with Gasteiger partial charge in [-0.2, -0.15) is 0 Å². The lowest BCUT2D eigenvalue weighted by Crippen LogP contribution is -2.47. The number of rotatable bonds is 4. The molecule has 2 rings (SSSR count). The second kappa shape index (κ2) is 6.71. The fraction of sp³-hybridized carbons (Fsp3) is 0.933. The van der Waals surface area contributed by atoms with Crippen LogP contribution in [0.2, 0.25) is 0 Å². The van der Waals surface area contributed by atoms with Crippen LogP contribution in [0.3, 0.4) is 0 Å². The molecule has 1 saturated carbocycles. The Kier molecular flexibility index (Phi) is 5.22. The average molecular weight is 267 g/mol. The molecule has 1 saturated heterocycles. The van der Waals surface area contributed by atoms with E-state index in [1.54, 1.807) is 0 Å². The Bertz CT molecular complexity index is 308. The Morgan fingerprint density at radius 2 is 2.11 bits per heavy atom. The number of nitrogens with two attached hydrogens (primary N) is 1. The minimum Gasteiger partial charge on any atom is -0.354 e. The Morgan fingerprint density at radius 3 is 2.84 bits per heavy atom. The summed E-state index contributed by atoms with van der Waals surface area (Å²) in [7, 11) is 0. The average Bonchev–Trinajstić information content (AvgIpc) is 2.86. The Labute approximate surface area is 117 Å². The lowest BCUT2D eigenvalue weighted by Gasteiger charge is -2.33. The summed E-state index contributed by atoms with van der Waals surface area (Å²) in [6.07, 6.45) is 5.64. The second-order valence-corrected chi connectivity index (χ2v) is 6.23. The molecule has 0 spiro atoms. The predicted octanol–water partition coefficient (Wildman–Crippen LogP) is 1.35. The first-order chi connectivity index (χ1) is 9.13. The quantitative estimate of drug-likeness (QED) is 0.808. The van der Waals surface area contributed by atoms with E-state index in [-0.39, 0.29) is 17.9 Å². The lowest BCUT2D eigenvalue weighted by molar-refractivity contribution is -0.128. The van der Waals surface area contributed by atoms with Crippen LogP contribution in [0.4, 0.5) is 0 Å². The number of carbonyl (C=O) groups excluding carboxylic acids is 1. The van der Waals surface area contributed by atoms with Crippen LogP contribution in [0.5, 0.6) is 0 Å². The number of amides is 1. The van der Waals surface area contributed by atoms with Crippen LogP contribution < -0.4 is 11.1 Å². The van der Waals surface area contributed by atoms with Crippen LogP contribution in [0.15, 0.2) is 0 Å². The van der Waals surface area contributed by atoms with Crippen molar-refractivity contribution in [1.29, 1.82) is 0 Å². The summed E-state index contributed by atoms with van der Waals surface area (Å²) in [6, 6.07) is 0.740. The first kappa shape index (κ1) is 14.8. The topological polar surface area (TPSA) is 58.4 Å². The van der Waals surface area contributed by atoms with E-state index in [9.17, 15) is 4.79 Å². The minimum absolute atomic E-state index is 0.125. The van der Waals surface area contributed by atoms with Crippen LogP contribution in [-0.2, 0) is 4.79 Å². The summed E-state index contributed by atoms with van der Waals surface area (Å²) in [6.45, 7) is 7.41. The van der Waals surface area contributed by atoms with Gasteiger partial charge in [-0.15, -0.1) is 0 Å². The molecule has 1 aliphatic carbocycles. The van der Waals surface area contributed by atoms with Crippen molar-refractivity contribution < 1.29 is 4.79 Å². The van der Waals surface area contributed by atoms with Crippen molar-refractivity contribution in [3.63, 3.8) is 0 Å². The van der Waals surface area contributed by atoms with E-state index >= 15 is 0 Å². The third-order valence-corrected chi connectivity index (χ3v) is 5.12. The summed E-state index contributed by atoms with van der Waals surface area (Å²) in [5.74, 6) is 0.672. The maximum Gasteiger partial charge on any atom is 0.223 e. The van der Waals surface area contributed by atoms with Crippen LogP contribution in [0, 0.1) is 11.8 Å². The molecule has 2 aliphatic rings. The van der Waals surface area contributed by atoms with E-state index < -0.39 is 0 Å². The van der Waals surface area contributed by atoms with Gasteiger partial charge in [0.1, 0.15) is 0 Å². The molecule has 0 aromatic heterocycles. The van der Waals surface area contributed by atoms with E-state index in [0.29, 0.717) is 12.0 Å². The van der Waals surface area contributed by atoms with Crippen LogP contribution in [0.25, 0.3) is 0 Å². The molecule has 3 N–H and O–H groups in total. The molecule has 1 amide bonds. The van der Waals surface area contributed by atoms with Gasteiger partial charge in [-0.25, -0.2) is 0 Å². The Hall–Kier alpha value is -0.610. The summed E-state index contributed by atoms with van der Waals surface area (Å²) in [5.41, 5.74) is 6.08. The van der Waals surface area contributed by atoms with Crippen molar-refractivity contribution in [3.8, 4) is 0 Å². The van der Waals surface area contributed by atoms with E-state index in [1.807, 2.05) is 0 Å². The molecule has 19 heavy (non-hydrogen) atoms. The highest BCUT2D eigenvalue weighted by Gasteiger charge is 2.33. The van der Waals surface area contributed by atoms with Gasteiger partial charge >= 0.3 is 0 Å². The van der Waals surface area contributed by atoms with Crippen LogP contribution in [-0.4, -0.2) is 42.5 Å². The standard InChI is InChI=1S/C15H29N3O/c1-3-18-9-5-6-12(18)10-17-15(19)13-7-4-8-14(16)11(13)2/h11-14H,3-10,16H2,1-2H3,(H,17,19). The summed E-state index contributed by atoms with van der Waals surface area (Å²) in [5, 5.41) is 3.17. The number of nitrogens with zero attached hydrogens (tertiary/aromatic N) is 1. The zero-order valence-electron chi connectivity index (χ0n) is 12.4. The van der Waals surface area contributed by atoms with Gasteiger partial charge < -0.3 is 11.1 Å². The molecule has 2 fully saturated rings. The number of likely N-dealkylation sites (N-methyl/N-ethyl adjacent to an activating group) is 1. The van der Waals surface area contributed by atoms with E-state index in [4.69, 9.17) is 5.73 Å². The zero-order valence-corrected chi connectivity index (χ0v) is 12.4. The maximum absolute atomic E-state index is 12.3. The minimum atomic E-state index is 0.125. The Morgan fingerprint density at radius 1 is 1.32 bits per heavy atom. The zero-order chi connectivity index (χ0) is 13.8. The fourth-order valence-electron chi connectivity index (χ4n) is 3.66. The normalized spacial score (nSPS) is 36.4. The van der Waals surface area contributed by atoms with Gasteiger partial charge in [0, 0.05) is 24.5 Å². The smallest absolute Gasteiger partial charge is 0.223 e. The highest BCUT2D eigenvalue weighted by Crippen LogP contribution is 2.29. The van der Waals surface area contributed by atoms with Crippen molar-refractivity contribution in [2.75, 3.05) is 19.6 Å². The number of hydrogen-bond donors (Lipinski definition) is 2. The lowest BCUT2D eigenvalue weighted by atomic mass is 9.77. The second-order valence-electron chi connectivity index (χ2n) is 6.23. The number of nitrogens with one attached hydrogen (secondary N) is 1. The molecular formula is C15H29N3O. The summed E-state index contributed by atoms with van der Waals surface area (Å²) < 4.78 is 0. The maximum atomic E-state index is 12.3. The van der Waals surface area contributed by atoms with Crippen molar-refractivity contribution in [3.05, 3.63) is 0 Å². The fourth-order valence-corrected chi connectivity index (χ4v) is 3.66. The summed E-state index contributed by atoms with van der Waals surface area (Å²) in [4.78, 5) is 14.8. The number of hydrogen-bond acceptors (Lipinski definition) is 3. The van der Waals surface area contributed by atoms with Crippen molar-refractivity contribution >= 4 is 5.91 Å². The van der Waals surface area contributed by atoms with Crippen LogP contribution >= 0.6 is 0 Å². The summed E-state index contributed by atoms with van der Waals surface area (Å²) >= 11 is 0. The molecular weight excluding hydrogens is 238 g/mol. The van der Waals surface area contributed by atoms with E-state index in [0.717, 1.165) is 32.4 Å². The van der Waals surface area contributed by atoms with Gasteiger partial charge in [-0.1, -0.05) is 20.3 Å². The molecule has 0 aromatic carbocycles. The first-order valence-corrected chi connectivity index (χ1v) is 7.90. The molecule has 4 heteroatoms. The molecule has 4 nitrogen and oxygen atoms in total. The van der Waals surface area contributed by atoms with E-state index in [1.165, 1.54) is 19.4 Å². The number of likely N-dealkylation sites (tertiary alicyclic amines) is 1. The molecule has 110 valence electrons. The van der Waals surface area contributed by atoms with Crippen molar-refractivity contribution in [2.45, 2.75) is 58.0 Å². The third kappa shape index (κ3) is 3.48. The molecule has 4 unspecified atom stereocenters. The van der Waals surface area contributed by atoms with E-state index in [2.05, 4.69) is 24.1 Å². The largest absolute Gasteiger partial charge is 0.354 e. The van der Waals surface area contributed by atoms with Crippen LogP contribution in [0.1, 0.15) is 46.0 Å². The van der Waals surface area contributed by atoms with Gasteiger partial charge in [0.25, 0.3) is 0 Å².